The van der Waals surface area contributed by atoms with Crippen LogP contribution in [0, 0.1) is 12.7 Å². The molecule has 0 atom stereocenters. The number of aliphatic carboxylic acids is 1. The molecule has 0 aliphatic heterocycles. The third kappa shape index (κ3) is 3.65. The van der Waals surface area contributed by atoms with E-state index in [9.17, 15) is 14.0 Å². The Kier molecular flexibility index (Phi) is 4.46. The zero-order chi connectivity index (χ0) is 18.0. The summed E-state index contributed by atoms with van der Waals surface area (Å²) in [6.45, 7) is 2.04. The summed E-state index contributed by atoms with van der Waals surface area (Å²) >= 11 is 0. The van der Waals surface area contributed by atoms with E-state index < -0.39 is 5.97 Å². The molecule has 0 bridgehead atoms. The topological polar surface area (TPSA) is 112 Å². The van der Waals surface area contributed by atoms with E-state index in [1.807, 2.05) is 0 Å². The van der Waals surface area contributed by atoms with E-state index >= 15 is 0 Å². The van der Waals surface area contributed by atoms with E-state index in [-0.39, 0.29) is 30.0 Å². The summed E-state index contributed by atoms with van der Waals surface area (Å²) < 4.78 is 14.1. The van der Waals surface area contributed by atoms with Crippen molar-refractivity contribution in [2.24, 2.45) is 0 Å². The van der Waals surface area contributed by atoms with Gasteiger partial charge in [-0.15, -0.1) is 0 Å². The van der Waals surface area contributed by atoms with Gasteiger partial charge < -0.3 is 10.4 Å². The molecule has 3 aromatic rings. The van der Waals surface area contributed by atoms with Crippen molar-refractivity contribution in [2.45, 2.75) is 26.3 Å². The molecule has 1 aromatic carbocycles. The van der Waals surface area contributed by atoms with Gasteiger partial charge >= 0.3 is 5.97 Å². The van der Waals surface area contributed by atoms with Crippen LogP contribution in [0.2, 0.25) is 0 Å². The van der Waals surface area contributed by atoms with Crippen LogP contribution < -0.4 is 10.9 Å². The molecule has 0 saturated heterocycles. The Morgan fingerprint density at radius 3 is 2.72 bits per heavy atom. The van der Waals surface area contributed by atoms with Gasteiger partial charge in [0.15, 0.2) is 0 Å². The van der Waals surface area contributed by atoms with Crippen LogP contribution in [-0.4, -0.2) is 30.7 Å². The van der Waals surface area contributed by atoms with E-state index in [0.29, 0.717) is 23.8 Å². The monoisotopic (exact) mass is 345 g/mol. The smallest absolute Gasteiger partial charge is 0.303 e. The molecule has 9 heteroatoms. The number of H-pyrrole nitrogens is 1. The minimum absolute atomic E-state index is 0.104. The second kappa shape index (κ2) is 6.71. The van der Waals surface area contributed by atoms with Crippen LogP contribution in [0.15, 0.2) is 29.1 Å². The fraction of sp³-hybridized carbons (Fsp3) is 0.250. The quantitative estimate of drug-likeness (QED) is 0.624. The number of hydrogen-bond donors (Lipinski definition) is 3. The number of anilines is 1. The number of rotatable bonds is 6. The summed E-state index contributed by atoms with van der Waals surface area (Å²) in [5, 5.41) is 14.6. The molecule has 0 unspecified atom stereocenters. The minimum atomic E-state index is -0.977. The third-order valence-electron chi connectivity index (χ3n) is 3.76. The van der Waals surface area contributed by atoms with Crippen molar-refractivity contribution < 1.29 is 14.3 Å². The van der Waals surface area contributed by atoms with Gasteiger partial charge in [0, 0.05) is 18.5 Å². The fourth-order valence-corrected chi connectivity index (χ4v) is 2.44. The van der Waals surface area contributed by atoms with Crippen molar-refractivity contribution in [3.8, 4) is 0 Å². The van der Waals surface area contributed by atoms with Crippen molar-refractivity contribution in [3.05, 3.63) is 57.3 Å². The van der Waals surface area contributed by atoms with Gasteiger partial charge in [-0.25, -0.2) is 9.37 Å². The number of carboxylic acid groups (broad SMARTS) is 1. The van der Waals surface area contributed by atoms with Crippen LogP contribution in [0.25, 0.3) is 5.78 Å². The summed E-state index contributed by atoms with van der Waals surface area (Å²) in [6.07, 6.45) is -0.0407. The number of nitrogens with zero attached hydrogens (tertiary/aromatic N) is 3. The van der Waals surface area contributed by atoms with Gasteiger partial charge in [-0.2, -0.15) is 9.50 Å². The number of carbonyl (C=O) groups is 1. The average Bonchev–Trinajstić information content (AvgIpc) is 2.97. The molecule has 0 saturated carbocycles. The standard InChI is InChI=1S/C16H16FN5O3/c1-9-12(6-7-13(23)24)14(25)22-16(19-9)20-15(21-22)18-8-10-2-4-11(17)5-3-10/h2-5H,6-8H2,1H3,(H,23,24)(H2,18,19,20,21). The second-order valence-corrected chi connectivity index (χ2v) is 5.56. The summed E-state index contributed by atoms with van der Waals surface area (Å²) in [5.74, 6) is -0.755. The Balaban J connectivity index is 1.84. The van der Waals surface area contributed by atoms with Crippen LogP contribution in [0.5, 0.6) is 0 Å². The van der Waals surface area contributed by atoms with Gasteiger partial charge in [0.05, 0.1) is 5.69 Å². The highest BCUT2D eigenvalue weighted by atomic mass is 19.1. The number of aromatic nitrogens is 4. The molecule has 130 valence electrons. The highest BCUT2D eigenvalue weighted by molar-refractivity contribution is 5.67. The lowest BCUT2D eigenvalue weighted by atomic mass is 10.1. The van der Waals surface area contributed by atoms with Crippen molar-refractivity contribution in [3.63, 3.8) is 0 Å². The first-order valence-corrected chi connectivity index (χ1v) is 7.62. The van der Waals surface area contributed by atoms with Gasteiger partial charge in [-0.3, -0.25) is 14.7 Å². The van der Waals surface area contributed by atoms with Crippen molar-refractivity contribution in [1.29, 1.82) is 0 Å². The normalized spacial score (nSPS) is 11.0. The van der Waals surface area contributed by atoms with Crippen molar-refractivity contribution in [1.82, 2.24) is 19.6 Å². The Morgan fingerprint density at radius 1 is 1.32 bits per heavy atom. The van der Waals surface area contributed by atoms with E-state index in [1.54, 1.807) is 19.1 Å². The second-order valence-electron chi connectivity index (χ2n) is 5.56. The van der Waals surface area contributed by atoms with Gasteiger partial charge in [-0.05, 0) is 31.0 Å². The van der Waals surface area contributed by atoms with Gasteiger partial charge in [0.2, 0.25) is 5.95 Å². The molecule has 8 nitrogen and oxygen atoms in total. The first-order chi connectivity index (χ1) is 11.9. The van der Waals surface area contributed by atoms with Crippen LogP contribution >= 0.6 is 0 Å². The SMILES string of the molecule is Cc1nc2nc(NCc3ccc(F)cc3)[nH]n2c(=O)c1CCC(=O)O. The van der Waals surface area contributed by atoms with E-state index in [1.165, 1.54) is 16.6 Å². The Bertz CT molecular complexity index is 978. The molecule has 2 aromatic heterocycles. The minimum Gasteiger partial charge on any atom is -0.481 e. The van der Waals surface area contributed by atoms with Crippen LogP contribution in [0.3, 0.4) is 0 Å². The molecule has 3 N–H and O–H groups in total. The first-order valence-electron chi connectivity index (χ1n) is 7.62. The molecule has 0 radical (unpaired) electrons. The number of nitrogens with one attached hydrogen (secondary N) is 2. The lowest BCUT2D eigenvalue weighted by Crippen LogP contribution is -2.22. The van der Waals surface area contributed by atoms with Gasteiger partial charge in [0.1, 0.15) is 5.82 Å². The maximum atomic E-state index is 12.9. The molecule has 2 heterocycles. The molecule has 3 rings (SSSR count). The third-order valence-corrected chi connectivity index (χ3v) is 3.76. The number of carboxylic acids is 1. The highest BCUT2D eigenvalue weighted by Gasteiger charge is 2.14. The number of benzene rings is 1. The Hall–Kier alpha value is -3.23. The Labute approximate surface area is 141 Å². The predicted molar refractivity (Wildman–Crippen MR) is 88.0 cm³/mol. The maximum Gasteiger partial charge on any atom is 0.303 e. The number of halogens is 1. The molecule has 0 amide bonds. The zero-order valence-corrected chi connectivity index (χ0v) is 13.4. The predicted octanol–water partition coefficient (Wildman–Crippen LogP) is 1.49. The largest absolute Gasteiger partial charge is 0.481 e. The summed E-state index contributed by atoms with van der Waals surface area (Å²) in [5.41, 5.74) is 1.28. The summed E-state index contributed by atoms with van der Waals surface area (Å²) in [7, 11) is 0. The summed E-state index contributed by atoms with van der Waals surface area (Å²) in [6, 6.07) is 6.01. The highest BCUT2D eigenvalue weighted by Crippen LogP contribution is 2.09. The molecular formula is C16H16FN5O3. The number of aryl methyl sites for hydroxylation is 1. The number of hydrogen-bond acceptors (Lipinski definition) is 5. The van der Waals surface area contributed by atoms with Crippen LogP contribution in [0.1, 0.15) is 23.2 Å². The van der Waals surface area contributed by atoms with E-state index in [0.717, 1.165) is 5.56 Å². The van der Waals surface area contributed by atoms with E-state index in [4.69, 9.17) is 5.11 Å². The van der Waals surface area contributed by atoms with Crippen molar-refractivity contribution >= 4 is 17.7 Å². The lowest BCUT2D eigenvalue weighted by molar-refractivity contribution is -0.136. The molecule has 0 aliphatic carbocycles. The zero-order valence-electron chi connectivity index (χ0n) is 13.4. The molecule has 0 fully saturated rings. The fourth-order valence-electron chi connectivity index (χ4n) is 2.44. The molecular weight excluding hydrogens is 329 g/mol. The number of aromatic amines is 1. The lowest BCUT2D eigenvalue weighted by Gasteiger charge is -2.03. The average molecular weight is 345 g/mol. The van der Waals surface area contributed by atoms with Crippen molar-refractivity contribution in [2.75, 3.05) is 5.32 Å². The van der Waals surface area contributed by atoms with Crippen LogP contribution in [-0.2, 0) is 17.8 Å². The van der Waals surface area contributed by atoms with Gasteiger partial charge in [-0.1, -0.05) is 12.1 Å². The van der Waals surface area contributed by atoms with E-state index in [2.05, 4.69) is 20.4 Å². The number of fused-ring (bicyclic) bond motifs is 1. The molecule has 0 spiro atoms. The maximum absolute atomic E-state index is 12.9. The van der Waals surface area contributed by atoms with Gasteiger partial charge in [0.25, 0.3) is 11.3 Å². The van der Waals surface area contributed by atoms with Crippen LogP contribution in [0.4, 0.5) is 10.3 Å². The summed E-state index contributed by atoms with van der Waals surface area (Å²) in [4.78, 5) is 31.6. The molecule has 25 heavy (non-hydrogen) atoms. The molecule has 0 aliphatic rings. The first kappa shape index (κ1) is 16.6. The Morgan fingerprint density at radius 2 is 2.04 bits per heavy atom.